The molecule has 3 aliphatic heterocycles. The molecule has 4 aliphatic rings. The van der Waals surface area contributed by atoms with Crippen LogP contribution in [0, 0.1) is 40.8 Å². The molecule has 79 heavy (non-hydrogen) atoms. The van der Waals surface area contributed by atoms with E-state index in [1.54, 1.807) is 38.8 Å². The normalized spacial score (nSPS) is 22.7. The van der Waals surface area contributed by atoms with Gasteiger partial charge in [-0.25, -0.2) is 0 Å². The number of rotatable bonds is 12. The van der Waals surface area contributed by atoms with Gasteiger partial charge in [0.15, 0.2) is 0 Å². The molecular weight excluding hydrogens is 1230 g/mol. The molecule has 0 unspecified atom stereocenters. The van der Waals surface area contributed by atoms with Gasteiger partial charge in [0.2, 0.25) is 0 Å². The van der Waals surface area contributed by atoms with Crippen molar-refractivity contribution in [1.29, 1.82) is 0 Å². The van der Waals surface area contributed by atoms with E-state index in [2.05, 4.69) is 28.2 Å². The van der Waals surface area contributed by atoms with Gasteiger partial charge >= 0.3 is 329 Å². The number of likely N-dealkylation sites (N-methyl/N-ethyl adjacent to an activating group) is 1. The number of nitrogens with one attached hydrogen (secondary N) is 2. The van der Waals surface area contributed by atoms with Crippen LogP contribution in [-0.4, -0.2) is 149 Å². The van der Waals surface area contributed by atoms with Crippen molar-refractivity contribution in [2.75, 3.05) is 64.9 Å². The number of hydrazine groups is 1. The van der Waals surface area contributed by atoms with Gasteiger partial charge in [-0.3, -0.25) is 9.88 Å². The van der Waals surface area contributed by atoms with Gasteiger partial charge in [-0.15, -0.1) is 0 Å². The number of esters is 1. The molecule has 434 valence electrons. The Balaban J connectivity index is 1.30. The first-order chi connectivity index (χ1) is 36.8. The number of amides is 2. The van der Waals surface area contributed by atoms with E-state index >= 15 is 17.6 Å². The number of hydrogen-bond acceptors (Lipinski definition) is 11. The molecule has 14 nitrogen and oxygen atoms in total. The Bertz CT molecular complexity index is 2880. The fraction of sp³-hybridized carbons (Fsp3) is 0.593. The monoisotopic (exact) mass is 1300 g/mol. The van der Waals surface area contributed by atoms with Gasteiger partial charge in [-0.2, -0.15) is 26.3 Å². The molecular formula is C54H65F10N9O5Os. The van der Waals surface area contributed by atoms with Crippen molar-refractivity contribution in [3.63, 3.8) is 0 Å². The first kappa shape index (κ1) is 61.4. The molecule has 2 saturated heterocycles. The van der Waals surface area contributed by atoms with Gasteiger partial charge in [0, 0.05) is 38.9 Å². The third-order valence-corrected chi connectivity index (χ3v) is 15.8. The zero-order chi connectivity index (χ0) is 58.1. The molecule has 1 aliphatic carbocycles. The predicted octanol–water partition coefficient (Wildman–Crippen LogP) is 8.56. The third-order valence-electron chi connectivity index (χ3n) is 14.7. The van der Waals surface area contributed by atoms with Crippen molar-refractivity contribution in [1.82, 2.24) is 35.1 Å². The van der Waals surface area contributed by atoms with Crippen LogP contribution in [0.5, 0.6) is 0 Å². The fourth-order valence-electron chi connectivity index (χ4n) is 10.6. The van der Waals surface area contributed by atoms with Crippen molar-refractivity contribution in [2.45, 2.75) is 122 Å². The number of hydrogen-bond donors (Lipinski definition) is 2. The average molecular weight is 1300 g/mol. The van der Waals surface area contributed by atoms with E-state index < -0.39 is 90.8 Å². The Morgan fingerprint density at radius 2 is 1.67 bits per heavy atom. The van der Waals surface area contributed by atoms with Gasteiger partial charge in [0.1, 0.15) is 6.54 Å². The number of cyclic esters (lactones) is 1. The first-order valence-corrected chi connectivity index (χ1v) is 27.2. The second-order valence-electron chi connectivity index (χ2n) is 21.8. The summed E-state index contributed by atoms with van der Waals surface area (Å²) in [4.78, 5) is 56.2. The van der Waals surface area contributed by atoms with Crippen molar-refractivity contribution in [3.8, 4) is 23.1 Å². The Labute approximate surface area is 462 Å². The van der Waals surface area contributed by atoms with Gasteiger partial charge < -0.3 is 9.64 Å². The summed E-state index contributed by atoms with van der Waals surface area (Å²) in [6.45, 7) is 10.6. The van der Waals surface area contributed by atoms with E-state index in [-0.39, 0.29) is 122 Å². The first-order valence-electron chi connectivity index (χ1n) is 25.9. The summed E-state index contributed by atoms with van der Waals surface area (Å²) >= 11 is 1.42. The number of benzene rings is 1. The van der Waals surface area contributed by atoms with E-state index in [1.807, 2.05) is 13.8 Å². The quantitative estimate of drug-likeness (QED) is 0.103. The molecule has 0 radical (unpaired) electrons. The summed E-state index contributed by atoms with van der Waals surface area (Å²) in [5, 5.41) is 4.77. The number of ether oxygens (including phenoxy) is 2. The molecule has 3 aromatic rings. The Kier molecular flexibility index (Phi) is 19.0. The van der Waals surface area contributed by atoms with Crippen LogP contribution in [-0.2, 0) is 55.0 Å². The standard InChI is InChI=1S/C54H65F10N9O5.Os/c1-31(2)45(69(7)48(74)35-20-34(21-35)11-13-52(56,57)58)27-66-42-12-14-65-32(3)37-23-38-40(25-51(5,6)30-78-50(76)43-10-9-15-73(68-43)49(42)75)47(72(29-54(62,63)64)44(38)24-41(37)55)39-22-36(26-67-46(39)33(4)77-8)71-18-16-70(17-19-71)28-53(59,60)61;/h14,22-24,26,31,33-35,42-43,45,66,68H,3,9-10,12,15-21,25,28-30H2,1-2,4-8H3;/t33-,34?,35?,42-,43-,45+;/m0./s1. The topological polar surface area (TPSA) is 137 Å². The van der Waals surface area contributed by atoms with E-state index in [9.17, 15) is 40.7 Å². The Morgan fingerprint density at radius 3 is 2.29 bits per heavy atom. The zero-order valence-electron chi connectivity index (χ0n) is 44.8. The van der Waals surface area contributed by atoms with Crippen LogP contribution in [0.15, 0.2) is 36.0 Å². The van der Waals surface area contributed by atoms with Crippen LogP contribution in [0.1, 0.15) is 89.6 Å². The molecule has 4 atom stereocenters. The number of aliphatic imine (C=N–C) groups is 1. The SMILES string of the molecule is C=C1N=CC[C@H](N[C](=[Os])[C@H](C(C)C)N(C)C(=O)C2CC(C#CC(F)(F)F)C2)C(=O)N2CCC[C@H](N2)C(=O)OCC(C)(C)Cc2c(-c3cc(N4CCN(CC(F)(F)F)CC4)cnc3[C@H](C)OC)n(CC(F)(F)F)c3cc(F)c1cc23. The Morgan fingerprint density at radius 1 is 1.00 bits per heavy atom. The minimum absolute atomic E-state index is 0.0132. The van der Waals surface area contributed by atoms with Crippen LogP contribution >= 0.6 is 0 Å². The number of alkyl halides is 9. The number of halogens is 10. The molecule has 4 bridgehead atoms. The number of methoxy groups -OCH3 is 1. The molecule has 2 amide bonds. The summed E-state index contributed by atoms with van der Waals surface area (Å²) in [6.07, 6.45) is -11.1. The molecule has 25 heteroatoms. The van der Waals surface area contributed by atoms with Gasteiger partial charge in [-0.05, 0) is 13.0 Å². The number of carbonyl (C=O) groups excluding carboxylic acids is 3. The predicted molar refractivity (Wildman–Crippen MR) is 273 cm³/mol. The maximum absolute atomic E-state index is 16.8. The average Bonchev–Trinajstić information content (AvgIpc) is 3.85. The number of piperazine rings is 1. The van der Waals surface area contributed by atoms with Gasteiger partial charge in [-0.1, -0.05) is 0 Å². The van der Waals surface area contributed by atoms with Crippen LogP contribution in [0.25, 0.3) is 27.9 Å². The van der Waals surface area contributed by atoms with Gasteiger partial charge in [0.25, 0.3) is 0 Å². The van der Waals surface area contributed by atoms with Crippen molar-refractivity contribution >= 4 is 50.5 Å². The number of pyridine rings is 1. The molecule has 5 heterocycles. The molecule has 1 saturated carbocycles. The number of nitrogens with zero attached hydrogens (tertiary/aromatic N) is 7. The van der Waals surface area contributed by atoms with Crippen molar-refractivity contribution < 1.29 is 85.9 Å². The minimum atomic E-state index is -4.86. The summed E-state index contributed by atoms with van der Waals surface area (Å²) in [6, 6.07) is 1.25. The summed E-state index contributed by atoms with van der Waals surface area (Å²) < 4.78 is 153. The molecule has 2 aromatic heterocycles. The molecule has 1 aromatic carbocycles. The third kappa shape index (κ3) is 15.2. The maximum atomic E-state index is 16.8. The van der Waals surface area contributed by atoms with Crippen LogP contribution in [0.4, 0.5) is 49.6 Å². The van der Waals surface area contributed by atoms with Crippen LogP contribution < -0.4 is 15.6 Å². The van der Waals surface area contributed by atoms with E-state index in [0.29, 0.717) is 21.9 Å². The van der Waals surface area contributed by atoms with Gasteiger partial charge in [0.05, 0.1) is 30.2 Å². The zero-order valence-corrected chi connectivity index (χ0v) is 47.4. The van der Waals surface area contributed by atoms with E-state index in [4.69, 9.17) is 14.5 Å². The molecule has 2 N–H and O–H groups in total. The fourth-order valence-corrected chi connectivity index (χ4v) is 12.4. The number of anilines is 1. The summed E-state index contributed by atoms with van der Waals surface area (Å²) in [5.41, 5.74) is 2.67. The van der Waals surface area contributed by atoms with Crippen molar-refractivity contribution in [2.24, 2.45) is 28.2 Å². The number of aromatic nitrogens is 2. The number of carbonyl (C=O) groups is 3. The second-order valence-corrected chi connectivity index (χ2v) is 23.2. The number of fused-ring (bicyclic) bond motifs is 3. The van der Waals surface area contributed by atoms with E-state index in [0.717, 1.165) is 10.6 Å². The summed E-state index contributed by atoms with van der Waals surface area (Å²) in [5.74, 6) is -0.382. The van der Waals surface area contributed by atoms with Crippen molar-refractivity contribution in [3.05, 3.63) is 53.6 Å². The molecule has 3 fully saturated rings. The molecule has 7 rings (SSSR count). The van der Waals surface area contributed by atoms with Crippen LogP contribution in [0.3, 0.4) is 0 Å². The summed E-state index contributed by atoms with van der Waals surface area (Å²) in [7, 11) is 2.98. The van der Waals surface area contributed by atoms with Crippen LogP contribution in [0.2, 0.25) is 0 Å². The molecule has 0 spiro atoms. The van der Waals surface area contributed by atoms with E-state index in [1.165, 1.54) is 64.5 Å². The second kappa shape index (κ2) is 24.4. The Hall–Kier alpha value is -5.26.